The topological polar surface area (TPSA) is 75.2 Å². The van der Waals surface area contributed by atoms with Crippen LogP contribution in [0.4, 0.5) is 10.8 Å². The molecular formula is C23H24N4O2S. The summed E-state index contributed by atoms with van der Waals surface area (Å²) in [5, 5.41) is 12.6. The molecule has 7 heteroatoms. The first kappa shape index (κ1) is 20.2. The summed E-state index contributed by atoms with van der Waals surface area (Å²) in [6, 6.07) is 17.6. The fourth-order valence-electron chi connectivity index (χ4n) is 3.87. The van der Waals surface area contributed by atoms with Crippen molar-refractivity contribution in [2.45, 2.75) is 38.5 Å². The Kier molecular flexibility index (Phi) is 5.90. The number of amides is 2. The molecule has 1 aliphatic heterocycles. The second kappa shape index (κ2) is 8.75. The highest BCUT2D eigenvalue weighted by molar-refractivity contribution is 7.15. The molecule has 2 atom stereocenters. The highest BCUT2D eigenvalue weighted by atomic mass is 32.1. The lowest BCUT2D eigenvalue weighted by atomic mass is 9.96. The van der Waals surface area contributed by atoms with Gasteiger partial charge in [0.05, 0.1) is 5.92 Å². The molecule has 6 nitrogen and oxygen atoms in total. The van der Waals surface area contributed by atoms with Crippen LogP contribution in [-0.4, -0.2) is 28.6 Å². The largest absolute Gasteiger partial charge is 0.311 e. The summed E-state index contributed by atoms with van der Waals surface area (Å²) in [5.41, 5.74) is 3.00. The molecule has 30 heavy (non-hydrogen) atoms. The van der Waals surface area contributed by atoms with Crippen molar-refractivity contribution < 1.29 is 9.59 Å². The zero-order valence-electron chi connectivity index (χ0n) is 17.0. The third-order valence-corrected chi connectivity index (χ3v) is 6.48. The van der Waals surface area contributed by atoms with Crippen molar-refractivity contribution in [3.8, 4) is 0 Å². The summed E-state index contributed by atoms with van der Waals surface area (Å²) in [5.74, 6) is -0.250. The number of carbonyl (C=O) groups is 2. The van der Waals surface area contributed by atoms with Gasteiger partial charge >= 0.3 is 0 Å². The minimum atomic E-state index is -0.233. The second-order valence-electron chi connectivity index (χ2n) is 7.50. The minimum absolute atomic E-state index is 0.0173. The number of nitrogens with one attached hydrogen (secondary N) is 1. The van der Waals surface area contributed by atoms with Crippen LogP contribution in [0.15, 0.2) is 54.6 Å². The first-order valence-electron chi connectivity index (χ1n) is 10.1. The molecule has 2 unspecified atom stereocenters. The van der Waals surface area contributed by atoms with Crippen LogP contribution in [0.5, 0.6) is 0 Å². The normalized spacial score (nSPS) is 17.2. The van der Waals surface area contributed by atoms with E-state index in [1.54, 1.807) is 0 Å². The van der Waals surface area contributed by atoms with Crippen molar-refractivity contribution in [1.29, 1.82) is 0 Å². The van der Waals surface area contributed by atoms with Gasteiger partial charge < -0.3 is 4.90 Å². The van der Waals surface area contributed by atoms with Crippen LogP contribution in [0.25, 0.3) is 0 Å². The molecule has 1 aliphatic rings. The average molecular weight is 421 g/mol. The number of hydrogen-bond donors (Lipinski definition) is 1. The predicted octanol–water partition coefficient (Wildman–Crippen LogP) is 4.50. The highest BCUT2D eigenvalue weighted by Crippen LogP contribution is 2.35. The predicted molar refractivity (Wildman–Crippen MR) is 119 cm³/mol. The lowest BCUT2D eigenvalue weighted by molar-refractivity contribution is -0.118. The Bertz CT molecular complexity index is 1050. The van der Waals surface area contributed by atoms with Crippen LogP contribution in [0.2, 0.25) is 0 Å². The van der Waals surface area contributed by atoms with E-state index in [9.17, 15) is 9.59 Å². The third kappa shape index (κ3) is 4.11. The molecule has 0 radical (unpaired) electrons. The van der Waals surface area contributed by atoms with Gasteiger partial charge in [-0.1, -0.05) is 66.8 Å². The molecule has 4 rings (SSSR count). The van der Waals surface area contributed by atoms with E-state index in [0.29, 0.717) is 24.5 Å². The summed E-state index contributed by atoms with van der Waals surface area (Å²) in [6.07, 6.45) is 1.10. The maximum atomic E-state index is 12.8. The Balaban J connectivity index is 1.45. The quantitative estimate of drug-likeness (QED) is 0.637. The van der Waals surface area contributed by atoms with Crippen LogP contribution in [0.3, 0.4) is 0 Å². The third-order valence-electron chi connectivity index (χ3n) is 5.48. The Labute approximate surface area is 180 Å². The van der Waals surface area contributed by atoms with Crippen LogP contribution in [-0.2, 0) is 9.59 Å². The number of hydrogen-bond acceptors (Lipinski definition) is 5. The number of para-hydroxylation sites is 1. The molecule has 1 N–H and O–H groups in total. The summed E-state index contributed by atoms with van der Waals surface area (Å²) in [4.78, 5) is 27.2. The van der Waals surface area contributed by atoms with E-state index < -0.39 is 0 Å². The summed E-state index contributed by atoms with van der Waals surface area (Å²) in [7, 11) is 0. The maximum Gasteiger partial charge on any atom is 0.233 e. The van der Waals surface area contributed by atoms with Crippen LogP contribution in [0.1, 0.15) is 47.7 Å². The van der Waals surface area contributed by atoms with Gasteiger partial charge in [0.2, 0.25) is 16.9 Å². The zero-order chi connectivity index (χ0) is 21.1. The van der Waals surface area contributed by atoms with Gasteiger partial charge in [0.1, 0.15) is 5.01 Å². The fraction of sp³-hybridized carbons (Fsp3) is 0.304. The molecular weight excluding hydrogens is 396 g/mol. The molecule has 0 aliphatic carbocycles. The molecule has 1 fully saturated rings. The van der Waals surface area contributed by atoms with Gasteiger partial charge in [-0.2, -0.15) is 0 Å². The van der Waals surface area contributed by atoms with E-state index in [4.69, 9.17) is 0 Å². The molecule has 2 aromatic carbocycles. The molecule has 1 saturated heterocycles. The molecule has 154 valence electrons. The van der Waals surface area contributed by atoms with Crippen LogP contribution >= 0.6 is 11.3 Å². The standard InChI is InChI=1S/C23H24N4O2S/c1-3-18(16-10-5-4-6-11-16)21(29)24-23-26-25-22(30-23)17-13-20(28)27(14-17)19-12-8-7-9-15(19)2/h4-12,17-18H,3,13-14H2,1-2H3,(H,24,26,29). The van der Waals surface area contributed by atoms with E-state index in [0.717, 1.165) is 21.8 Å². The first-order chi connectivity index (χ1) is 14.6. The van der Waals surface area contributed by atoms with Gasteiger partial charge in [0, 0.05) is 24.6 Å². The van der Waals surface area contributed by atoms with E-state index >= 15 is 0 Å². The molecule has 2 amide bonds. The van der Waals surface area contributed by atoms with E-state index in [2.05, 4.69) is 15.5 Å². The summed E-state index contributed by atoms with van der Waals surface area (Å²) < 4.78 is 0. The molecule has 0 saturated carbocycles. The minimum Gasteiger partial charge on any atom is -0.311 e. The molecule has 3 aromatic rings. The number of anilines is 2. The van der Waals surface area contributed by atoms with E-state index in [1.807, 2.05) is 73.3 Å². The molecule has 0 bridgehead atoms. The Morgan fingerprint density at radius 1 is 1.17 bits per heavy atom. The van der Waals surface area contributed by atoms with Crippen molar-refractivity contribution in [1.82, 2.24) is 10.2 Å². The fourth-order valence-corrected chi connectivity index (χ4v) is 4.71. The van der Waals surface area contributed by atoms with Crippen molar-refractivity contribution in [3.05, 3.63) is 70.7 Å². The maximum absolute atomic E-state index is 12.8. The van der Waals surface area contributed by atoms with Gasteiger partial charge in [0.15, 0.2) is 0 Å². The average Bonchev–Trinajstić information content (AvgIpc) is 3.36. The van der Waals surface area contributed by atoms with Gasteiger partial charge in [-0.3, -0.25) is 14.9 Å². The summed E-state index contributed by atoms with van der Waals surface area (Å²) >= 11 is 1.35. The van der Waals surface area contributed by atoms with E-state index in [-0.39, 0.29) is 23.7 Å². The lowest BCUT2D eigenvalue weighted by Gasteiger charge is -2.18. The smallest absolute Gasteiger partial charge is 0.233 e. The Hall–Kier alpha value is -3.06. The highest BCUT2D eigenvalue weighted by Gasteiger charge is 2.34. The van der Waals surface area contributed by atoms with Gasteiger partial charge in [0.25, 0.3) is 0 Å². The lowest BCUT2D eigenvalue weighted by Crippen LogP contribution is -2.25. The van der Waals surface area contributed by atoms with Crippen molar-refractivity contribution >= 4 is 34.0 Å². The summed E-state index contributed by atoms with van der Waals surface area (Å²) in [6.45, 7) is 4.58. The van der Waals surface area contributed by atoms with Gasteiger partial charge in [-0.15, -0.1) is 10.2 Å². The number of rotatable bonds is 6. The molecule has 1 aromatic heterocycles. The van der Waals surface area contributed by atoms with Gasteiger partial charge in [-0.25, -0.2) is 0 Å². The van der Waals surface area contributed by atoms with Crippen molar-refractivity contribution in [2.24, 2.45) is 0 Å². The van der Waals surface area contributed by atoms with Gasteiger partial charge in [-0.05, 0) is 30.5 Å². The molecule has 2 heterocycles. The van der Waals surface area contributed by atoms with Crippen LogP contribution in [0, 0.1) is 6.92 Å². The SMILES string of the molecule is CCC(C(=O)Nc1nnc(C2CC(=O)N(c3ccccc3C)C2)s1)c1ccccc1. The Morgan fingerprint density at radius 2 is 1.90 bits per heavy atom. The second-order valence-corrected chi connectivity index (χ2v) is 8.51. The Morgan fingerprint density at radius 3 is 2.63 bits per heavy atom. The van der Waals surface area contributed by atoms with Crippen LogP contribution < -0.4 is 10.2 Å². The molecule has 0 spiro atoms. The zero-order valence-corrected chi connectivity index (χ0v) is 17.9. The number of aryl methyl sites for hydroxylation is 1. The van der Waals surface area contributed by atoms with Crippen molar-refractivity contribution in [2.75, 3.05) is 16.8 Å². The number of nitrogens with zero attached hydrogens (tertiary/aromatic N) is 3. The number of benzene rings is 2. The first-order valence-corrected chi connectivity index (χ1v) is 10.9. The number of carbonyl (C=O) groups excluding carboxylic acids is 2. The monoisotopic (exact) mass is 420 g/mol. The van der Waals surface area contributed by atoms with E-state index in [1.165, 1.54) is 11.3 Å². The number of aromatic nitrogens is 2. The van der Waals surface area contributed by atoms with Crippen molar-refractivity contribution in [3.63, 3.8) is 0 Å².